The minimum atomic E-state index is -0.203. The van der Waals surface area contributed by atoms with E-state index in [1.54, 1.807) is 0 Å². The number of rotatable bonds is 1. The van der Waals surface area contributed by atoms with Gasteiger partial charge in [-0.15, -0.1) is 0 Å². The molecule has 0 aliphatic carbocycles. The summed E-state index contributed by atoms with van der Waals surface area (Å²) in [5.74, 6) is -0.203. The van der Waals surface area contributed by atoms with Gasteiger partial charge in [0.25, 0.3) is 0 Å². The summed E-state index contributed by atoms with van der Waals surface area (Å²) in [6, 6.07) is 25.8. The second-order valence-electron chi connectivity index (χ2n) is 5.27. The van der Waals surface area contributed by atoms with Gasteiger partial charge in [0.1, 0.15) is 5.82 Å². The fraction of sp³-hybridized carbons (Fsp3) is 0. The van der Waals surface area contributed by atoms with E-state index in [0.29, 0.717) is 0 Å². The molecule has 0 fully saturated rings. The van der Waals surface area contributed by atoms with Crippen LogP contribution in [0, 0.1) is 5.82 Å². The molecular weight excluding hydrogens is 259 g/mol. The van der Waals surface area contributed by atoms with Crippen LogP contribution in [0.5, 0.6) is 0 Å². The predicted octanol–water partition coefficient (Wildman–Crippen LogP) is 5.80. The summed E-state index contributed by atoms with van der Waals surface area (Å²) in [6.45, 7) is 0. The molecule has 0 aromatic heterocycles. The van der Waals surface area contributed by atoms with E-state index in [-0.39, 0.29) is 5.82 Å². The zero-order valence-electron chi connectivity index (χ0n) is 11.4. The fourth-order valence-corrected chi connectivity index (χ4v) is 2.76. The molecule has 1 heteroatoms. The molecule has 0 nitrogen and oxygen atoms in total. The number of hydrogen-bond donors (Lipinski definition) is 0. The van der Waals surface area contributed by atoms with Crippen LogP contribution in [0.15, 0.2) is 78.9 Å². The van der Waals surface area contributed by atoms with Gasteiger partial charge in [0.2, 0.25) is 0 Å². The molecule has 4 aromatic rings. The topological polar surface area (TPSA) is 0 Å². The summed E-state index contributed by atoms with van der Waals surface area (Å²) in [6.07, 6.45) is 0. The minimum Gasteiger partial charge on any atom is -0.207 e. The Morgan fingerprint density at radius 2 is 1.05 bits per heavy atom. The highest BCUT2D eigenvalue weighted by Crippen LogP contribution is 2.28. The Hall–Kier alpha value is -2.67. The highest BCUT2D eigenvalue weighted by Gasteiger charge is 2.02. The smallest absolute Gasteiger partial charge is 0.123 e. The lowest BCUT2D eigenvalue weighted by Crippen LogP contribution is -1.81. The van der Waals surface area contributed by atoms with Gasteiger partial charge in [0.15, 0.2) is 0 Å². The van der Waals surface area contributed by atoms with Gasteiger partial charge in [-0.1, -0.05) is 48.5 Å². The molecule has 21 heavy (non-hydrogen) atoms. The van der Waals surface area contributed by atoms with Crippen molar-refractivity contribution in [2.45, 2.75) is 0 Å². The Labute approximate surface area is 122 Å². The van der Waals surface area contributed by atoms with Gasteiger partial charge in [-0.3, -0.25) is 0 Å². The van der Waals surface area contributed by atoms with Gasteiger partial charge in [-0.2, -0.15) is 0 Å². The van der Waals surface area contributed by atoms with E-state index < -0.39 is 0 Å². The van der Waals surface area contributed by atoms with Crippen LogP contribution in [0.25, 0.3) is 32.7 Å². The average Bonchev–Trinajstić information content (AvgIpc) is 2.53. The lowest BCUT2D eigenvalue weighted by molar-refractivity contribution is 0.628. The van der Waals surface area contributed by atoms with Gasteiger partial charge < -0.3 is 0 Å². The Bertz CT molecular complexity index is 937. The molecule has 4 aromatic carbocycles. The summed E-state index contributed by atoms with van der Waals surface area (Å²) < 4.78 is 13.0. The third kappa shape index (κ3) is 2.17. The van der Waals surface area contributed by atoms with E-state index in [0.717, 1.165) is 11.1 Å². The molecule has 0 N–H and O–H groups in total. The third-order valence-corrected chi connectivity index (χ3v) is 3.88. The van der Waals surface area contributed by atoms with Gasteiger partial charge in [-0.05, 0) is 63.0 Å². The van der Waals surface area contributed by atoms with Gasteiger partial charge in [0, 0.05) is 0 Å². The van der Waals surface area contributed by atoms with Gasteiger partial charge >= 0.3 is 0 Å². The fourth-order valence-electron chi connectivity index (χ4n) is 2.76. The van der Waals surface area contributed by atoms with Crippen LogP contribution >= 0.6 is 0 Å². The van der Waals surface area contributed by atoms with Crippen molar-refractivity contribution < 1.29 is 4.39 Å². The molecule has 0 unspecified atom stereocenters. The quantitative estimate of drug-likeness (QED) is 0.384. The van der Waals surface area contributed by atoms with E-state index in [9.17, 15) is 4.39 Å². The number of fused-ring (bicyclic) bond motifs is 2. The Morgan fingerprint density at radius 1 is 0.476 bits per heavy atom. The van der Waals surface area contributed by atoms with Gasteiger partial charge in [-0.25, -0.2) is 4.39 Å². The summed E-state index contributed by atoms with van der Waals surface area (Å²) in [5, 5.41) is 4.91. The van der Waals surface area contributed by atoms with Crippen LogP contribution in [0.3, 0.4) is 0 Å². The first kappa shape index (κ1) is 12.1. The molecule has 0 heterocycles. The van der Waals surface area contributed by atoms with Crippen molar-refractivity contribution in [3.63, 3.8) is 0 Å². The summed E-state index contributed by atoms with van der Waals surface area (Å²) in [5.41, 5.74) is 2.14. The Kier molecular flexibility index (Phi) is 2.71. The first-order valence-corrected chi connectivity index (χ1v) is 6.98. The number of benzene rings is 4. The minimum absolute atomic E-state index is 0.203. The lowest BCUT2D eigenvalue weighted by atomic mass is 9.98. The maximum absolute atomic E-state index is 13.0. The van der Waals surface area contributed by atoms with Crippen LogP contribution in [0.4, 0.5) is 4.39 Å². The molecule has 0 aliphatic rings. The highest BCUT2D eigenvalue weighted by atomic mass is 19.1. The largest absolute Gasteiger partial charge is 0.207 e. The van der Waals surface area contributed by atoms with Crippen molar-refractivity contribution in [2.24, 2.45) is 0 Å². The van der Waals surface area contributed by atoms with Crippen molar-refractivity contribution >= 4 is 21.5 Å². The molecule has 0 amide bonds. The summed E-state index contributed by atoms with van der Waals surface area (Å²) in [7, 11) is 0. The second-order valence-corrected chi connectivity index (χ2v) is 5.27. The van der Waals surface area contributed by atoms with Crippen LogP contribution in [0.1, 0.15) is 0 Å². The highest BCUT2D eigenvalue weighted by molar-refractivity contribution is 5.99. The molecule has 0 bridgehead atoms. The van der Waals surface area contributed by atoms with E-state index in [2.05, 4.69) is 54.6 Å². The number of halogens is 1. The van der Waals surface area contributed by atoms with E-state index >= 15 is 0 Å². The Morgan fingerprint density at radius 3 is 1.76 bits per heavy atom. The summed E-state index contributed by atoms with van der Waals surface area (Å²) >= 11 is 0. The van der Waals surface area contributed by atoms with E-state index in [1.807, 2.05) is 12.1 Å². The standard InChI is InChI=1S/C20H13F/c21-20-9-7-14(8-10-20)17-5-6-18-11-15-3-1-2-4-16(15)12-19(18)13-17/h1-13H. The molecule has 0 atom stereocenters. The van der Waals surface area contributed by atoms with Crippen molar-refractivity contribution in [1.82, 2.24) is 0 Å². The number of hydrogen-bond acceptors (Lipinski definition) is 0. The molecule has 0 aliphatic heterocycles. The van der Waals surface area contributed by atoms with Crippen molar-refractivity contribution in [3.05, 3.63) is 84.7 Å². The van der Waals surface area contributed by atoms with Crippen LogP contribution in [-0.2, 0) is 0 Å². The zero-order chi connectivity index (χ0) is 14.2. The Balaban J connectivity index is 1.92. The molecule has 0 saturated heterocycles. The molecule has 0 spiro atoms. The molecule has 100 valence electrons. The van der Waals surface area contributed by atoms with Crippen molar-refractivity contribution in [1.29, 1.82) is 0 Å². The first-order chi connectivity index (χ1) is 10.3. The van der Waals surface area contributed by atoms with Crippen LogP contribution in [0.2, 0.25) is 0 Å². The van der Waals surface area contributed by atoms with E-state index in [4.69, 9.17) is 0 Å². The van der Waals surface area contributed by atoms with Crippen molar-refractivity contribution in [2.75, 3.05) is 0 Å². The molecule has 4 rings (SSSR count). The first-order valence-electron chi connectivity index (χ1n) is 6.98. The molecular formula is C20H13F. The SMILES string of the molecule is Fc1ccc(-c2ccc3cc4ccccc4cc3c2)cc1. The lowest BCUT2D eigenvalue weighted by Gasteiger charge is -2.06. The average molecular weight is 272 g/mol. The van der Waals surface area contributed by atoms with Gasteiger partial charge in [0.05, 0.1) is 0 Å². The monoisotopic (exact) mass is 272 g/mol. The normalized spacial score (nSPS) is 11.1. The zero-order valence-corrected chi connectivity index (χ0v) is 11.4. The molecule has 0 radical (unpaired) electrons. The predicted molar refractivity (Wildman–Crippen MR) is 86.8 cm³/mol. The van der Waals surface area contributed by atoms with Crippen LogP contribution in [-0.4, -0.2) is 0 Å². The molecule has 0 saturated carbocycles. The van der Waals surface area contributed by atoms with E-state index in [1.165, 1.54) is 33.7 Å². The second kappa shape index (κ2) is 4.71. The van der Waals surface area contributed by atoms with Crippen molar-refractivity contribution in [3.8, 4) is 11.1 Å². The summed E-state index contributed by atoms with van der Waals surface area (Å²) in [4.78, 5) is 0. The maximum atomic E-state index is 13.0. The third-order valence-electron chi connectivity index (χ3n) is 3.88. The van der Waals surface area contributed by atoms with Crippen LogP contribution < -0.4 is 0 Å². The maximum Gasteiger partial charge on any atom is 0.123 e.